The maximum Gasteiger partial charge on any atom is 0.231 e. The van der Waals surface area contributed by atoms with Gasteiger partial charge in [0, 0.05) is 30.5 Å². The first-order chi connectivity index (χ1) is 9.19. The number of nitrogens with zero attached hydrogens (tertiary/aromatic N) is 1. The smallest absolute Gasteiger partial charge is 0.231 e. The first kappa shape index (κ1) is 12.5. The van der Waals surface area contributed by atoms with Crippen LogP contribution in [-0.2, 0) is 11.2 Å². The normalized spacial score (nSPS) is 26.4. The van der Waals surface area contributed by atoms with E-state index in [-0.39, 0.29) is 5.91 Å². The molecular formula is C15H21N3O. The van der Waals surface area contributed by atoms with Crippen LogP contribution < -0.4 is 16.0 Å². The van der Waals surface area contributed by atoms with Crippen LogP contribution in [0, 0.1) is 0 Å². The van der Waals surface area contributed by atoms with Gasteiger partial charge in [-0.1, -0.05) is 0 Å². The highest BCUT2D eigenvalue weighted by Gasteiger charge is 2.34. The van der Waals surface area contributed by atoms with Crippen LogP contribution in [0.25, 0.3) is 0 Å². The average Bonchev–Trinajstić information content (AvgIpc) is 2.74. The van der Waals surface area contributed by atoms with Gasteiger partial charge < -0.3 is 16.0 Å². The van der Waals surface area contributed by atoms with Crippen molar-refractivity contribution in [3.63, 3.8) is 0 Å². The van der Waals surface area contributed by atoms with Gasteiger partial charge >= 0.3 is 0 Å². The summed E-state index contributed by atoms with van der Waals surface area (Å²) in [5.41, 5.74) is 9.27. The molecular weight excluding hydrogens is 238 g/mol. The van der Waals surface area contributed by atoms with Crippen molar-refractivity contribution in [2.75, 3.05) is 17.3 Å². The van der Waals surface area contributed by atoms with Crippen LogP contribution in [0.3, 0.4) is 0 Å². The Hall–Kier alpha value is -1.55. The highest BCUT2D eigenvalue weighted by Crippen LogP contribution is 2.36. The van der Waals surface area contributed by atoms with E-state index in [0.29, 0.717) is 18.5 Å². The lowest BCUT2D eigenvalue weighted by molar-refractivity contribution is -0.117. The Morgan fingerprint density at radius 3 is 2.68 bits per heavy atom. The molecule has 0 unspecified atom stereocenters. The second-order valence-corrected chi connectivity index (χ2v) is 5.60. The third-order valence-corrected chi connectivity index (χ3v) is 4.34. The lowest BCUT2D eigenvalue weighted by Crippen LogP contribution is -2.42. The van der Waals surface area contributed by atoms with Crippen molar-refractivity contribution in [2.45, 2.75) is 44.2 Å². The molecule has 0 aromatic heterocycles. The number of benzene rings is 1. The zero-order chi connectivity index (χ0) is 13.4. The van der Waals surface area contributed by atoms with Gasteiger partial charge in [-0.05, 0) is 49.4 Å². The van der Waals surface area contributed by atoms with Crippen LogP contribution in [0.1, 0.15) is 31.2 Å². The number of carbonyl (C=O) groups excluding carboxylic acids is 1. The summed E-state index contributed by atoms with van der Waals surface area (Å²) in [6.07, 6.45) is 4.64. The van der Waals surface area contributed by atoms with Gasteiger partial charge in [0.25, 0.3) is 0 Å². The molecule has 0 atom stereocenters. The summed E-state index contributed by atoms with van der Waals surface area (Å²) >= 11 is 0. The lowest BCUT2D eigenvalue weighted by atomic mass is 9.90. The first-order valence-corrected chi connectivity index (χ1v) is 7.07. The fraction of sp³-hybridized carbons (Fsp3) is 0.533. The molecule has 4 heteroatoms. The topological polar surface area (TPSA) is 58.4 Å². The van der Waals surface area contributed by atoms with Gasteiger partial charge in [-0.15, -0.1) is 0 Å². The molecule has 0 bridgehead atoms. The molecule has 3 N–H and O–H groups in total. The molecule has 0 saturated heterocycles. The van der Waals surface area contributed by atoms with E-state index in [1.165, 1.54) is 0 Å². The van der Waals surface area contributed by atoms with Crippen molar-refractivity contribution in [2.24, 2.45) is 5.73 Å². The monoisotopic (exact) mass is 259 g/mol. The molecule has 1 aromatic rings. The van der Waals surface area contributed by atoms with Gasteiger partial charge in [-0.25, -0.2) is 0 Å². The van der Waals surface area contributed by atoms with Crippen molar-refractivity contribution in [1.82, 2.24) is 0 Å². The van der Waals surface area contributed by atoms with Gasteiger partial charge in [0.1, 0.15) is 0 Å². The van der Waals surface area contributed by atoms with E-state index in [2.05, 4.69) is 17.4 Å². The molecule has 1 saturated carbocycles. The fourth-order valence-corrected chi connectivity index (χ4v) is 3.26. The number of hydrogen-bond donors (Lipinski definition) is 2. The Morgan fingerprint density at radius 1 is 1.26 bits per heavy atom. The Balaban J connectivity index is 1.86. The zero-order valence-electron chi connectivity index (χ0n) is 11.4. The van der Waals surface area contributed by atoms with Crippen LogP contribution in [-0.4, -0.2) is 25.0 Å². The summed E-state index contributed by atoms with van der Waals surface area (Å²) in [6, 6.07) is 6.86. The van der Waals surface area contributed by atoms with E-state index in [9.17, 15) is 4.79 Å². The Kier molecular flexibility index (Phi) is 3.19. The number of amides is 1. The molecule has 4 nitrogen and oxygen atoms in total. The molecule has 0 radical (unpaired) electrons. The minimum absolute atomic E-state index is 0.240. The molecule has 1 heterocycles. The Labute approximate surface area is 114 Å². The van der Waals surface area contributed by atoms with Crippen LogP contribution in [0.5, 0.6) is 0 Å². The maximum atomic E-state index is 12.3. The van der Waals surface area contributed by atoms with Crippen LogP contribution in [0.4, 0.5) is 11.4 Å². The number of fused-ring (bicyclic) bond motifs is 1. The molecule has 19 heavy (non-hydrogen) atoms. The van der Waals surface area contributed by atoms with Crippen LogP contribution in [0.2, 0.25) is 0 Å². The summed E-state index contributed by atoms with van der Waals surface area (Å²) in [4.78, 5) is 14.3. The van der Waals surface area contributed by atoms with Gasteiger partial charge in [0.2, 0.25) is 5.91 Å². The molecule has 102 valence electrons. The maximum absolute atomic E-state index is 12.3. The number of rotatable bonds is 2. The summed E-state index contributed by atoms with van der Waals surface area (Å²) in [5, 5.41) is 3.13. The van der Waals surface area contributed by atoms with Crippen molar-refractivity contribution in [3.05, 3.63) is 23.8 Å². The number of hydrogen-bond acceptors (Lipinski definition) is 3. The van der Waals surface area contributed by atoms with Crippen LogP contribution in [0.15, 0.2) is 18.2 Å². The number of nitrogens with one attached hydrogen (secondary N) is 1. The van der Waals surface area contributed by atoms with Crippen molar-refractivity contribution >= 4 is 17.3 Å². The van der Waals surface area contributed by atoms with E-state index in [1.54, 1.807) is 0 Å². The first-order valence-electron chi connectivity index (χ1n) is 7.07. The van der Waals surface area contributed by atoms with E-state index in [4.69, 9.17) is 5.73 Å². The number of carbonyl (C=O) groups is 1. The lowest BCUT2D eigenvalue weighted by Gasteiger charge is -2.33. The molecule has 0 spiro atoms. The van der Waals surface area contributed by atoms with Crippen molar-refractivity contribution in [3.8, 4) is 0 Å². The van der Waals surface area contributed by atoms with Gasteiger partial charge in [-0.2, -0.15) is 0 Å². The predicted molar refractivity (Wildman–Crippen MR) is 77.4 cm³/mol. The van der Waals surface area contributed by atoms with Gasteiger partial charge in [-0.3, -0.25) is 4.79 Å². The standard InChI is InChI=1S/C15H21N3O/c1-17-12-4-7-14-10(8-12)9-15(19)18(14)13-5-2-11(16)3-6-13/h4,7-8,11,13,17H,2-3,5-6,9,16H2,1H3. The number of anilines is 2. The molecule has 2 aliphatic rings. The second-order valence-electron chi connectivity index (χ2n) is 5.60. The van der Waals surface area contributed by atoms with E-state index in [1.807, 2.05) is 18.0 Å². The van der Waals surface area contributed by atoms with E-state index < -0.39 is 0 Å². The van der Waals surface area contributed by atoms with E-state index >= 15 is 0 Å². The second kappa shape index (κ2) is 4.85. The fourth-order valence-electron chi connectivity index (χ4n) is 3.26. The Bertz CT molecular complexity index is 492. The minimum Gasteiger partial charge on any atom is -0.388 e. The molecule has 1 fully saturated rings. The summed E-state index contributed by atoms with van der Waals surface area (Å²) in [5.74, 6) is 0.240. The predicted octanol–water partition coefficient (Wildman–Crippen LogP) is 1.89. The third kappa shape index (κ3) is 2.21. The molecule has 1 aliphatic heterocycles. The number of nitrogens with two attached hydrogens (primary N) is 1. The third-order valence-electron chi connectivity index (χ3n) is 4.34. The summed E-state index contributed by atoms with van der Waals surface area (Å²) in [6.45, 7) is 0. The molecule has 1 aromatic carbocycles. The molecule has 1 aliphatic carbocycles. The van der Waals surface area contributed by atoms with Crippen LogP contribution >= 0.6 is 0 Å². The highest BCUT2D eigenvalue weighted by molar-refractivity contribution is 6.02. The summed E-state index contributed by atoms with van der Waals surface area (Å²) in [7, 11) is 1.90. The quantitative estimate of drug-likeness (QED) is 0.852. The van der Waals surface area contributed by atoms with Gasteiger partial charge in [0.05, 0.1) is 6.42 Å². The van der Waals surface area contributed by atoms with Gasteiger partial charge in [0.15, 0.2) is 0 Å². The largest absolute Gasteiger partial charge is 0.388 e. The van der Waals surface area contributed by atoms with Crippen molar-refractivity contribution in [1.29, 1.82) is 0 Å². The Morgan fingerprint density at radius 2 is 2.00 bits per heavy atom. The SMILES string of the molecule is CNc1ccc2c(c1)CC(=O)N2C1CCC(N)CC1. The molecule has 3 rings (SSSR count). The van der Waals surface area contributed by atoms with Crippen molar-refractivity contribution < 1.29 is 4.79 Å². The zero-order valence-corrected chi connectivity index (χ0v) is 11.4. The molecule has 1 amide bonds. The average molecular weight is 259 g/mol. The highest BCUT2D eigenvalue weighted by atomic mass is 16.2. The summed E-state index contributed by atoms with van der Waals surface area (Å²) < 4.78 is 0. The minimum atomic E-state index is 0.240. The van der Waals surface area contributed by atoms with E-state index in [0.717, 1.165) is 42.6 Å².